The van der Waals surface area contributed by atoms with Gasteiger partial charge in [0.05, 0.1) is 16.8 Å². The number of imide groups is 2. The zero-order chi connectivity index (χ0) is 33.4. The number of likely N-dealkylation sites (N-methyl/N-ethyl adjacent to an activating group) is 1. The number of carbonyl (C=O) groups is 6. The zero-order valence-electron chi connectivity index (χ0n) is 26.4. The molecule has 0 spiro atoms. The Hall–Kier alpha value is -5.33. The van der Waals surface area contributed by atoms with Gasteiger partial charge in [0.1, 0.15) is 6.04 Å². The minimum Gasteiger partial charge on any atom is -0.398 e. The van der Waals surface area contributed by atoms with Crippen molar-refractivity contribution in [3.63, 3.8) is 0 Å². The van der Waals surface area contributed by atoms with E-state index in [1.807, 2.05) is 10.7 Å². The number of nitrogens with one attached hydrogen (secondary N) is 2. The first kappa shape index (κ1) is 31.6. The predicted octanol–water partition coefficient (Wildman–Crippen LogP) is 2.07. The van der Waals surface area contributed by atoms with Crippen LogP contribution in [0.15, 0.2) is 42.5 Å². The molecule has 3 aromatic rings. The fourth-order valence-electron chi connectivity index (χ4n) is 6.66. The van der Waals surface area contributed by atoms with Crippen molar-refractivity contribution in [2.75, 3.05) is 19.3 Å². The number of amides is 6. The van der Waals surface area contributed by atoms with Crippen molar-refractivity contribution >= 4 is 41.1 Å². The van der Waals surface area contributed by atoms with Gasteiger partial charge < -0.3 is 16.0 Å². The molecule has 3 aliphatic heterocycles. The molecule has 244 valence electrons. The van der Waals surface area contributed by atoms with E-state index in [9.17, 15) is 28.8 Å². The number of anilines is 1. The number of benzene rings is 2. The van der Waals surface area contributed by atoms with Crippen LogP contribution in [0.5, 0.6) is 0 Å². The monoisotopic (exact) mass is 639 g/mol. The number of fused-ring (bicyclic) bond motifs is 2. The van der Waals surface area contributed by atoms with E-state index in [-0.39, 0.29) is 42.3 Å². The molecule has 13 heteroatoms. The number of hydrogen-bond acceptors (Lipinski definition) is 8. The van der Waals surface area contributed by atoms with Gasteiger partial charge in [0.25, 0.3) is 17.7 Å². The largest absolute Gasteiger partial charge is 0.398 e. The zero-order valence-corrected chi connectivity index (χ0v) is 26.4. The molecule has 6 amide bonds. The molecule has 0 radical (unpaired) electrons. The third kappa shape index (κ3) is 5.88. The van der Waals surface area contributed by atoms with Crippen molar-refractivity contribution in [2.45, 2.75) is 70.5 Å². The van der Waals surface area contributed by atoms with E-state index in [1.54, 1.807) is 43.3 Å². The summed E-state index contributed by atoms with van der Waals surface area (Å²) in [6.45, 7) is 2.70. The standard InChI is InChI=1S/C34H37N7O6/c1-19-22(9-5-10-25(19)35)32(45)39(29(31(44)36-2)26-18-21-8-3-4-16-40(21)38-26)15-6-7-20-11-12-23-24(17-20)34(47)41(33(23)46)27-13-14-28(42)37-30(27)43/h5,9-12,17-18,27,29H,3-4,6-8,13-16,35H2,1-2H3,(H,36,44)(H,37,42,43). The van der Waals surface area contributed by atoms with E-state index >= 15 is 0 Å². The van der Waals surface area contributed by atoms with Gasteiger partial charge in [0, 0.05) is 43.5 Å². The Labute approximate surface area is 271 Å². The lowest BCUT2D eigenvalue weighted by atomic mass is 10.0. The first-order chi connectivity index (χ1) is 22.6. The Kier molecular flexibility index (Phi) is 8.63. The number of aromatic nitrogens is 2. The molecule has 6 rings (SSSR count). The van der Waals surface area contributed by atoms with Crippen LogP contribution in [0, 0.1) is 6.92 Å². The molecule has 0 bridgehead atoms. The number of hydrogen-bond donors (Lipinski definition) is 3. The Morgan fingerprint density at radius 1 is 1.06 bits per heavy atom. The lowest BCUT2D eigenvalue weighted by Crippen LogP contribution is -2.54. The molecule has 2 aromatic carbocycles. The Morgan fingerprint density at radius 2 is 1.85 bits per heavy atom. The van der Waals surface area contributed by atoms with Crippen molar-refractivity contribution in [3.05, 3.63) is 81.7 Å². The van der Waals surface area contributed by atoms with Crippen LogP contribution in [-0.4, -0.2) is 74.7 Å². The van der Waals surface area contributed by atoms with Gasteiger partial charge in [-0.15, -0.1) is 0 Å². The van der Waals surface area contributed by atoms with E-state index in [0.717, 1.165) is 42.0 Å². The average Bonchev–Trinajstić information content (AvgIpc) is 3.59. The summed E-state index contributed by atoms with van der Waals surface area (Å²) >= 11 is 0. The van der Waals surface area contributed by atoms with Gasteiger partial charge in [-0.3, -0.25) is 43.7 Å². The summed E-state index contributed by atoms with van der Waals surface area (Å²) in [6, 6.07) is 9.93. The maximum atomic E-state index is 14.2. The summed E-state index contributed by atoms with van der Waals surface area (Å²) in [5, 5.41) is 9.66. The van der Waals surface area contributed by atoms with Gasteiger partial charge in [-0.2, -0.15) is 5.10 Å². The third-order valence-electron chi connectivity index (χ3n) is 9.26. The van der Waals surface area contributed by atoms with Gasteiger partial charge in [0.15, 0.2) is 6.04 Å². The van der Waals surface area contributed by atoms with E-state index < -0.39 is 35.7 Å². The van der Waals surface area contributed by atoms with Crippen LogP contribution >= 0.6 is 0 Å². The van der Waals surface area contributed by atoms with Gasteiger partial charge in [0.2, 0.25) is 17.7 Å². The molecule has 4 N–H and O–H groups in total. The van der Waals surface area contributed by atoms with E-state index in [1.165, 1.54) is 11.9 Å². The second-order valence-electron chi connectivity index (χ2n) is 12.2. The third-order valence-corrected chi connectivity index (χ3v) is 9.26. The summed E-state index contributed by atoms with van der Waals surface area (Å²) in [5.41, 5.74) is 10.3. The normalized spacial score (nSPS) is 18.0. The number of nitrogen functional groups attached to an aromatic ring is 1. The van der Waals surface area contributed by atoms with Crippen LogP contribution in [0.4, 0.5) is 5.69 Å². The minimum absolute atomic E-state index is 0.0397. The molecule has 0 aliphatic carbocycles. The fourth-order valence-corrected chi connectivity index (χ4v) is 6.66. The van der Waals surface area contributed by atoms with Crippen LogP contribution in [0.3, 0.4) is 0 Å². The molecular formula is C34H37N7O6. The highest BCUT2D eigenvalue weighted by Gasteiger charge is 2.44. The van der Waals surface area contributed by atoms with Crippen molar-refractivity contribution in [1.82, 2.24) is 30.2 Å². The SMILES string of the molecule is CNC(=O)C(c1cc2n(n1)CCCC2)N(CCCc1ccc2c(c1)C(=O)N(C1CCC(=O)NC1=O)C2=O)C(=O)c1cccc(N)c1C. The van der Waals surface area contributed by atoms with Crippen LogP contribution in [-0.2, 0) is 33.8 Å². The number of carbonyl (C=O) groups excluding carboxylic acids is 6. The number of rotatable bonds is 9. The van der Waals surface area contributed by atoms with Crippen molar-refractivity contribution < 1.29 is 28.8 Å². The summed E-state index contributed by atoms with van der Waals surface area (Å²) in [5.74, 6) is -2.99. The van der Waals surface area contributed by atoms with Crippen molar-refractivity contribution in [2.24, 2.45) is 0 Å². The van der Waals surface area contributed by atoms with Crippen molar-refractivity contribution in [1.29, 1.82) is 0 Å². The topological polar surface area (TPSA) is 177 Å². The molecular weight excluding hydrogens is 602 g/mol. The number of aryl methyl sites for hydroxylation is 3. The number of nitrogens with zero attached hydrogens (tertiary/aromatic N) is 4. The van der Waals surface area contributed by atoms with E-state index in [2.05, 4.69) is 10.6 Å². The molecule has 0 saturated carbocycles. The molecule has 1 fully saturated rings. The van der Waals surface area contributed by atoms with Crippen molar-refractivity contribution in [3.8, 4) is 0 Å². The van der Waals surface area contributed by atoms with E-state index in [4.69, 9.17) is 10.8 Å². The molecule has 1 saturated heterocycles. The second-order valence-corrected chi connectivity index (χ2v) is 12.2. The maximum absolute atomic E-state index is 14.2. The first-order valence-corrected chi connectivity index (χ1v) is 15.9. The molecule has 4 heterocycles. The molecule has 1 aromatic heterocycles. The highest BCUT2D eigenvalue weighted by Crippen LogP contribution is 2.30. The number of nitrogens with two attached hydrogens (primary N) is 1. The Balaban J connectivity index is 1.26. The van der Waals surface area contributed by atoms with Crippen LogP contribution in [0.25, 0.3) is 0 Å². The predicted molar refractivity (Wildman–Crippen MR) is 170 cm³/mol. The highest BCUT2D eigenvalue weighted by molar-refractivity contribution is 6.23. The summed E-state index contributed by atoms with van der Waals surface area (Å²) in [7, 11) is 1.53. The average molecular weight is 640 g/mol. The molecule has 13 nitrogen and oxygen atoms in total. The van der Waals surface area contributed by atoms with Gasteiger partial charge in [-0.25, -0.2) is 0 Å². The summed E-state index contributed by atoms with van der Waals surface area (Å²) < 4.78 is 1.91. The van der Waals surface area contributed by atoms with Gasteiger partial charge in [-0.1, -0.05) is 12.1 Å². The molecule has 2 unspecified atom stereocenters. The summed E-state index contributed by atoms with van der Waals surface area (Å²) in [6.07, 6.45) is 3.82. The molecule has 47 heavy (non-hydrogen) atoms. The fraction of sp³-hybridized carbons (Fsp3) is 0.382. The number of piperidine rings is 1. The van der Waals surface area contributed by atoms with Crippen LogP contribution in [0.1, 0.15) is 91.7 Å². The first-order valence-electron chi connectivity index (χ1n) is 15.9. The molecule has 3 aliphatic rings. The summed E-state index contributed by atoms with van der Waals surface area (Å²) in [4.78, 5) is 80.7. The van der Waals surface area contributed by atoms with Crippen LogP contribution in [0.2, 0.25) is 0 Å². The maximum Gasteiger partial charge on any atom is 0.262 e. The minimum atomic E-state index is -1.05. The van der Waals surface area contributed by atoms with Crippen LogP contribution < -0.4 is 16.4 Å². The lowest BCUT2D eigenvalue weighted by Gasteiger charge is -2.30. The van der Waals surface area contributed by atoms with Gasteiger partial charge >= 0.3 is 0 Å². The second kappa shape index (κ2) is 12.8. The highest BCUT2D eigenvalue weighted by atomic mass is 16.2. The van der Waals surface area contributed by atoms with Gasteiger partial charge in [-0.05, 0) is 86.9 Å². The Morgan fingerprint density at radius 3 is 2.60 bits per heavy atom. The quantitative estimate of drug-likeness (QED) is 0.235. The Bertz CT molecular complexity index is 1790. The lowest BCUT2D eigenvalue weighted by molar-refractivity contribution is -0.136. The van der Waals surface area contributed by atoms with E-state index in [0.29, 0.717) is 35.3 Å². The smallest absolute Gasteiger partial charge is 0.262 e. The molecule has 2 atom stereocenters.